The van der Waals surface area contributed by atoms with Crippen molar-refractivity contribution in [2.75, 3.05) is 25.7 Å². The molecule has 9 heteroatoms. The van der Waals surface area contributed by atoms with Gasteiger partial charge in [-0.3, -0.25) is 8.37 Å². The molecule has 0 aromatic rings. The Hall–Kier alpha value is -0.220. The third-order valence-corrected chi connectivity index (χ3v) is 2.17. The van der Waals surface area contributed by atoms with Crippen molar-refractivity contribution >= 4 is 20.2 Å². The smallest absolute Gasteiger partial charge is 0.264 e. The van der Waals surface area contributed by atoms with Crippen LogP contribution in [0.1, 0.15) is 0 Å². The van der Waals surface area contributed by atoms with Crippen molar-refractivity contribution in [1.82, 2.24) is 0 Å². The van der Waals surface area contributed by atoms with Gasteiger partial charge in [0.05, 0.1) is 25.7 Å². The number of aliphatic hydroxyl groups excluding tert-OH is 1. The number of hydrogen-bond acceptors (Lipinski definition) is 7. The molecule has 0 radical (unpaired) electrons. The summed E-state index contributed by atoms with van der Waals surface area (Å²) in [4.78, 5) is 0. The van der Waals surface area contributed by atoms with E-state index in [2.05, 4.69) is 8.37 Å². The Morgan fingerprint density at radius 2 is 1.64 bits per heavy atom. The first-order valence-corrected chi connectivity index (χ1v) is 7.11. The molecule has 1 N–H and O–H groups in total. The zero-order valence-electron chi connectivity index (χ0n) is 7.70. The van der Waals surface area contributed by atoms with Gasteiger partial charge in [-0.2, -0.15) is 16.8 Å². The summed E-state index contributed by atoms with van der Waals surface area (Å²) in [7, 11) is -7.41. The van der Waals surface area contributed by atoms with Crippen molar-refractivity contribution in [2.24, 2.45) is 0 Å². The first-order chi connectivity index (χ1) is 6.14. The van der Waals surface area contributed by atoms with E-state index in [9.17, 15) is 16.8 Å². The third-order valence-electron chi connectivity index (χ3n) is 0.983. The maximum absolute atomic E-state index is 10.6. The first kappa shape index (κ1) is 13.8. The first-order valence-electron chi connectivity index (χ1n) is 3.47. The lowest BCUT2D eigenvalue weighted by atomic mass is 10.4. The summed E-state index contributed by atoms with van der Waals surface area (Å²) in [6, 6.07) is 0. The lowest BCUT2D eigenvalue weighted by molar-refractivity contribution is 0.0799. The van der Waals surface area contributed by atoms with Gasteiger partial charge in [-0.15, -0.1) is 0 Å². The second-order valence-electron chi connectivity index (χ2n) is 2.59. The van der Waals surface area contributed by atoms with E-state index in [1.165, 1.54) is 0 Å². The average Bonchev–Trinajstić information content (AvgIpc) is 1.94. The monoisotopic (exact) mass is 248 g/mol. The largest absolute Gasteiger partial charge is 0.394 e. The van der Waals surface area contributed by atoms with E-state index in [0.29, 0.717) is 0 Å². The van der Waals surface area contributed by atoms with Crippen molar-refractivity contribution in [1.29, 1.82) is 0 Å². The van der Waals surface area contributed by atoms with Crippen LogP contribution in [-0.4, -0.2) is 53.8 Å². The summed E-state index contributed by atoms with van der Waals surface area (Å²) in [5.41, 5.74) is 0. The SMILES string of the molecule is CS(=O)(=O)OC[C@H](CO)OS(C)(=O)=O. The Balaban J connectivity index is 4.19. The zero-order valence-corrected chi connectivity index (χ0v) is 9.34. The van der Waals surface area contributed by atoms with Crippen molar-refractivity contribution in [2.45, 2.75) is 6.10 Å². The maximum Gasteiger partial charge on any atom is 0.264 e. The molecule has 14 heavy (non-hydrogen) atoms. The predicted molar refractivity (Wildman–Crippen MR) is 47.6 cm³/mol. The van der Waals surface area contributed by atoms with E-state index < -0.39 is 39.6 Å². The second kappa shape index (κ2) is 5.03. The highest BCUT2D eigenvalue weighted by molar-refractivity contribution is 7.86. The molecule has 0 unspecified atom stereocenters. The van der Waals surface area contributed by atoms with E-state index in [-0.39, 0.29) is 0 Å². The molecule has 0 saturated heterocycles. The summed E-state index contributed by atoms with van der Waals surface area (Å²) in [5, 5.41) is 8.62. The minimum Gasteiger partial charge on any atom is -0.394 e. The normalized spacial score (nSPS) is 15.4. The summed E-state index contributed by atoms with van der Waals surface area (Å²) < 4.78 is 50.8. The zero-order chi connectivity index (χ0) is 11.4. The van der Waals surface area contributed by atoms with Gasteiger partial charge < -0.3 is 5.11 Å². The third kappa shape index (κ3) is 8.38. The highest BCUT2D eigenvalue weighted by Gasteiger charge is 2.17. The number of hydrogen-bond donors (Lipinski definition) is 1. The van der Waals surface area contributed by atoms with E-state index >= 15 is 0 Å². The van der Waals surface area contributed by atoms with Gasteiger partial charge in [0.25, 0.3) is 20.2 Å². The molecule has 1 atom stereocenters. The molecule has 0 aliphatic rings. The van der Waals surface area contributed by atoms with Crippen LogP contribution in [0.3, 0.4) is 0 Å². The fourth-order valence-electron chi connectivity index (χ4n) is 0.558. The number of aliphatic hydroxyl groups is 1. The summed E-state index contributed by atoms with van der Waals surface area (Å²) in [5.74, 6) is 0. The summed E-state index contributed by atoms with van der Waals surface area (Å²) in [6.07, 6.45) is 0.387. The molecular weight excluding hydrogens is 236 g/mol. The molecule has 0 amide bonds. The van der Waals surface area contributed by atoms with Crippen LogP contribution in [0, 0.1) is 0 Å². The van der Waals surface area contributed by atoms with Gasteiger partial charge in [0, 0.05) is 0 Å². The van der Waals surface area contributed by atoms with Crippen molar-refractivity contribution in [3.63, 3.8) is 0 Å². The summed E-state index contributed by atoms with van der Waals surface area (Å²) in [6.45, 7) is -1.19. The lowest BCUT2D eigenvalue weighted by Crippen LogP contribution is -2.27. The topological polar surface area (TPSA) is 107 Å². The standard InChI is InChI=1S/C5H12O7S2/c1-13(7,8)11-4-5(3-6)12-14(2,9)10/h5-6H,3-4H2,1-2H3/t5-/m0/s1. The summed E-state index contributed by atoms with van der Waals surface area (Å²) >= 11 is 0. The van der Waals surface area contributed by atoms with E-state index in [0.717, 1.165) is 12.5 Å². The van der Waals surface area contributed by atoms with Crippen molar-refractivity contribution in [3.05, 3.63) is 0 Å². The Labute approximate surface area is 82.9 Å². The molecule has 0 saturated carbocycles. The van der Waals surface area contributed by atoms with E-state index in [1.807, 2.05) is 0 Å². The van der Waals surface area contributed by atoms with Crippen LogP contribution < -0.4 is 0 Å². The molecule has 0 aliphatic heterocycles. The fraction of sp³-hybridized carbons (Fsp3) is 1.00. The van der Waals surface area contributed by atoms with Crippen molar-refractivity contribution in [3.8, 4) is 0 Å². The Morgan fingerprint density at radius 3 is 1.93 bits per heavy atom. The molecular formula is C5H12O7S2. The van der Waals surface area contributed by atoms with Gasteiger partial charge in [0.2, 0.25) is 0 Å². The molecule has 0 spiro atoms. The van der Waals surface area contributed by atoms with Crippen LogP contribution in [-0.2, 0) is 28.6 Å². The highest BCUT2D eigenvalue weighted by atomic mass is 32.2. The molecule has 0 aromatic carbocycles. The minimum atomic E-state index is -3.74. The molecule has 0 fully saturated rings. The Kier molecular flexibility index (Phi) is 4.95. The quantitative estimate of drug-likeness (QED) is 0.558. The molecule has 7 nitrogen and oxygen atoms in total. The van der Waals surface area contributed by atoms with Gasteiger partial charge >= 0.3 is 0 Å². The van der Waals surface area contributed by atoms with Gasteiger partial charge in [-0.1, -0.05) is 0 Å². The van der Waals surface area contributed by atoms with Gasteiger partial charge in [-0.25, -0.2) is 0 Å². The van der Waals surface area contributed by atoms with Crippen LogP contribution in [0.4, 0.5) is 0 Å². The molecule has 0 heterocycles. The van der Waals surface area contributed by atoms with Crippen LogP contribution >= 0.6 is 0 Å². The molecule has 0 bridgehead atoms. The van der Waals surface area contributed by atoms with Gasteiger partial charge in [-0.05, 0) is 0 Å². The van der Waals surface area contributed by atoms with Crippen molar-refractivity contribution < 1.29 is 30.3 Å². The molecule has 86 valence electrons. The maximum atomic E-state index is 10.6. The van der Waals surface area contributed by atoms with Gasteiger partial charge in [0.1, 0.15) is 6.10 Å². The lowest BCUT2D eigenvalue weighted by Gasteiger charge is -2.12. The number of rotatable bonds is 6. The second-order valence-corrected chi connectivity index (χ2v) is 5.84. The Bertz CT molecular complexity index is 354. The van der Waals surface area contributed by atoms with Crippen LogP contribution in [0.2, 0.25) is 0 Å². The predicted octanol–water partition coefficient (Wildman–Crippen LogP) is -1.70. The van der Waals surface area contributed by atoms with Gasteiger partial charge in [0.15, 0.2) is 0 Å². The van der Waals surface area contributed by atoms with Crippen LogP contribution in [0.15, 0.2) is 0 Å². The highest BCUT2D eigenvalue weighted by Crippen LogP contribution is 2.00. The van der Waals surface area contributed by atoms with Crippen LogP contribution in [0.25, 0.3) is 0 Å². The fourth-order valence-corrected chi connectivity index (χ4v) is 1.57. The average molecular weight is 248 g/mol. The minimum absolute atomic E-state index is 0.539. The van der Waals surface area contributed by atoms with E-state index in [1.54, 1.807) is 0 Å². The molecule has 0 rings (SSSR count). The molecule has 0 aliphatic carbocycles. The van der Waals surface area contributed by atoms with Crippen LogP contribution in [0.5, 0.6) is 0 Å². The Morgan fingerprint density at radius 1 is 1.14 bits per heavy atom. The van der Waals surface area contributed by atoms with E-state index in [4.69, 9.17) is 5.11 Å². The molecule has 0 aromatic heterocycles.